The maximum absolute atomic E-state index is 12.3. The molecule has 0 radical (unpaired) electrons. The molecule has 0 saturated heterocycles. The Labute approximate surface area is 131 Å². The van der Waals surface area contributed by atoms with Crippen molar-refractivity contribution >= 4 is 23.9 Å². The van der Waals surface area contributed by atoms with E-state index in [1.165, 1.54) is 7.11 Å². The Morgan fingerprint density at radius 1 is 1.41 bits per heavy atom. The third-order valence-corrected chi connectivity index (χ3v) is 4.03. The van der Waals surface area contributed by atoms with Gasteiger partial charge >= 0.3 is 11.9 Å². The van der Waals surface area contributed by atoms with Crippen molar-refractivity contribution in [2.75, 3.05) is 13.7 Å². The first-order valence-corrected chi connectivity index (χ1v) is 7.78. The van der Waals surface area contributed by atoms with E-state index in [4.69, 9.17) is 4.74 Å². The Bertz CT molecular complexity index is 446. The van der Waals surface area contributed by atoms with Gasteiger partial charge in [-0.15, -0.1) is 0 Å². The van der Waals surface area contributed by atoms with E-state index >= 15 is 0 Å². The average molecular weight is 311 g/mol. The van der Waals surface area contributed by atoms with Crippen LogP contribution in [0.5, 0.6) is 0 Å². The second kappa shape index (κ2) is 8.66. The first kappa shape index (κ1) is 18.3. The standard InChI is InChI=1S/C16H25NO5/c1-4-22-15(20)16(9-6-5-8-13(16)18)10-7-11-17-12(2)14(19)21-3/h11-12H,4-10H2,1-3H3. The van der Waals surface area contributed by atoms with Crippen molar-refractivity contribution in [3.05, 3.63) is 0 Å². The zero-order chi connectivity index (χ0) is 16.6. The number of esters is 2. The minimum absolute atomic E-state index is 0.0355. The molecule has 6 heteroatoms. The van der Waals surface area contributed by atoms with E-state index in [2.05, 4.69) is 9.73 Å². The zero-order valence-corrected chi connectivity index (χ0v) is 13.6. The van der Waals surface area contributed by atoms with Crippen LogP contribution in [-0.2, 0) is 23.9 Å². The van der Waals surface area contributed by atoms with Gasteiger partial charge in [0.05, 0.1) is 13.7 Å². The first-order valence-electron chi connectivity index (χ1n) is 7.78. The van der Waals surface area contributed by atoms with Gasteiger partial charge in [-0.25, -0.2) is 4.79 Å². The van der Waals surface area contributed by atoms with Crippen LogP contribution in [-0.4, -0.2) is 43.7 Å². The number of carbonyl (C=O) groups is 3. The summed E-state index contributed by atoms with van der Waals surface area (Å²) in [5.41, 5.74) is -1.03. The van der Waals surface area contributed by atoms with Crippen LogP contribution in [0.1, 0.15) is 52.4 Å². The third kappa shape index (κ3) is 4.39. The van der Waals surface area contributed by atoms with Gasteiger partial charge in [-0.2, -0.15) is 0 Å². The van der Waals surface area contributed by atoms with Crippen molar-refractivity contribution in [2.24, 2.45) is 10.4 Å². The van der Waals surface area contributed by atoms with E-state index in [9.17, 15) is 14.4 Å². The summed E-state index contributed by atoms with van der Waals surface area (Å²) in [6, 6.07) is -0.578. The molecule has 0 bridgehead atoms. The molecule has 1 saturated carbocycles. The molecule has 1 aliphatic rings. The lowest BCUT2D eigenvalue weighted by Gasteiger charge is -2.33. The van der Waals surface area contributed by atoms with Crippen LogP contribution in [0.3, 0.4) is 0 Å². The summed E-state index contributed by atoms with van der Waals surface area (Å²) in [5.74, 6) is -0.870. The first-order chi connectivity index (χ1) is 10.5. The highest BCUT2D eigenvalue weighted by atomic mass is 16.5. The van der Waals surface area contributed by atoms with Crippen molar-refractivity contribution in [1.82, 2.24) is 0 Å². The smallest absolute Gasteiger partial charge is 0.330 e. The summed E-state index contributed by atoms with van der Waals surface area (Å²) in [7, 11) is 1.31. The molecule has 0 N–H and O–H groups in total. The van der Waals surface area contributed by atoms with Crippen LogP contribution in [0.15, 0.2) is 4.99 Å². The molecule has 124 valence electrons. The van der Waals surface area contributed by atoms with E-state index in [0.717, 1.165) is 12.8 Å². The van der Waals surface area contributed by atoms with Crippen LogP contribution >= 0.6 is 0 Å². The summed E-state index contributed by atoms with van der Waals surface area (Å²) >= 11 is 0. The van der Waals surface area contributed by atoms with Crippen molar-refractivity contribution in [3.8, 4) is 0 Å². The molecule has 0 aromatic rings. The molecule has 0 aromatic carbocycles. The van der Waals surface area contributed by atoms with Crippen LogP contribution in [0.4, 0.5) is 0 Å². The Hall–Kier alpha value is -1.72. The fraction of sp³-hybridized carbons (Fsp3) is 0.750. The van der Waals surface area contributed by atoms with Gasteiger partial charge in [-0.1, -0.05) is 6.42 Å². The predicted molar refractivity (Wildman–Crippen MR) is 81.7 cm³/mol. The Balaban J connectivity index is 2.70. The molecular formula is C16H25NO5. The number of nitrogens with zero attached hydrogens (tertiary/aromatic N) is 1. The maximum atomic E-state index is 12.3. The van der Waals surface area contributed by atoms with Crippen molar-refractivity contribution < 1.29 is 23.9 Å². The number of aliphatic imine (C=N–C) groups is 1. The fourth-order valence-electron chi connectivity index (χ4n) is 2.72. The topological polar surface area (TPSA) is 82.0 Å². The average Bonchev–Trinajstić information content (AvgIpc) is 2.52. The van der Waals surface area contributed by atoms with E-state index in [1.807, 2.05) is 0 Å². The summed E-state index contributed by atoms with van der Waals surface area (Å²) in [6.07, 6.45) is 5.05. The van der Waals surface area contributed by atoms with Crippen LogP contribution in [0, 0.1) is 5.41 Å². The molecule has 6 nitrogen and oxygen atoms in total. The van der Waals surface area contributed by atoms with Gasteiger partial charge in [-0.05, 0) is 45.7 Å². The quantitative estimate of drug-likeness (QED) is 0.408. The lowest BCUT2D eigenvalue weighted by molar-refractivity contribution is -0.162. The second-order valence-electron chi connectivity index (χ2n) is 5.50. The van der Waals surface area contributed by atoms with Crippen molar-refractivity contribution in [1.29, 1.82) is 0 Å². The normalized spacial score (nSPS) is 23.3. The molecule has 0 heterocycles. The molecule has 2 atom stereocenters. The molecular weight excluding hydrogens is 286 g/mol. The zero-order valence-electron chi connectivity index (χ0n) is 13.6. The summed E-state index contributed by atoms with van der Waals surface area (Å²) in [6.45, 7) is 3.63. The number of Topliss-reactive ketones (excluding diaryl/α,β-unsaturated/α-hetero) is 1. The van der Waals surface area contributed by atoms with Gasteiger partial charge in [0.1, 0.15) is 17.2 Å². The Kier molecular flexibility index (Phi) is 7.21. The Morgan fingerprint density at radius 2 is 2.14 bits per heavy atom. The third-order valence-electron chi connectivity index (χ3n) is 4.03. The number of rotatable bonds is 7. The largest absolute Gasteiger partial charge is 0.467 e. The van der Waals surface area contributed by atoms with Gasteiger partial charge in [0.2, 0.25) is 0 Å². The minimum Gasteiger partial charge on any atom is -0.467 e. The SMILES string of the molecule is CCOC(=O)C1(CCC=NC(C)C(=O)OC)CCCCC1=O. The fourth-order valence-corrected chi connectivity index (χ4v) is 2.72. The predicted octanol–water partition coefficient (Wildman–Crippen LogP) is 2.09. The summed E-state index contributed by atoms with van der Waals surface area (Å²) < 4.78 is 9.70. The highest BCUT2D eigenvalue weighted by molar-refractivity contribution is 6.04. The molecule has 0 spiro atoms. The van der Waals surface area contributed by atoms with E-state index < -0.39 is 23.4 Å². The number of carbonyl (C=O) groups excluding carboxylic acids is 3. The van der Waals surface area contributed by atoms with Crippen LogP contribution in [0.25, 0.3) is 0 Å². The minimum atomic E-state index is -1.03. The Morgan fingerprint density at radius 3 is 2.73 bits per heavy atom. The molecule has 0 aliphatic heterocycles. The number of ketones is 1. The highest BCUT2D eigenvalue weighted by Crippen LogP contribution is 2.38. The summed E-state index contributed by atoms with van der Waals surface area (Å²) in [5, 5.41) is 0. The number of hydrogen-bond acceptors (Lipinski definition) is 6. The molecule has 0 amide bonds. The molecule has 1 fully saturated rings. The lowest BCUT2D eigenvalue weighted by Crippen LogP contribution is -2.43. The van der Waals surface area contributed by atoms with Gasteiger partial charge in [0.15, 0.2) is 0 Å². The van der Waals surface area contributed by atoms with Gasteiger partial charge < -0.3 is 9.47 Å². The van der Waals surface area contributed by atoms with Crippen molar-refractivity contribution in [3.63, 3.8) is 0 Å². The van der Waals surface area contributed by atoms with E-state index in [1.54, 1.807) is 20.1 Å². The van der Waals surface area contributed by atoms with Crippen LogP contribution < -0.4 is 0 Å². The molecule has 0 aromatic heterocycles. The maximum Gasteiger partial charge on any atom is 0.330 e. The molecule has 22 heavy (non-hydrogen) atoms. The van der Waals surface area contributed by atoms with Gasteiger partial charge in [-0.3, -0.25) is 14.6 Å². The van der Waals surface area contributed by atoms with Gasteiger partial charge in [0.25, 0.3) is 0 Å². The number of methoxy groups -OCH3 is 1. The van der Waals surface area contributed by atoms with Gasteiger partial charge in [0, 0.05) is 6.42 Å². The highest BCUT2D eigenvalue weighted by Gasteiger charge is 2.47. The van der Waals surface area contributed by atoms with Crippen LogP contribution in [0.2, 0.25) is 0 Å². The molecule has 1 aliphatic carbocycles. The molecule has 2 unspecified atom stereocenters. The molecule has 1 rings (SSSR count). The second-order valence-corrected chi connectivity index (χ2v) is 5.50. The van der Waals surface area contributed by atoms with E-state index in [0.29, 0.717) is 25.7 Å². The summed E-state index contributed by atoms with van der Waals surface area (Å²) in [4.78, 5) is 39.9. The number of hydrogen-bond donors (Lipinski definition) is 0. The monoisotopic (exact) mass is 311 g/mol. The van der Waals surface area contributed by atoms with E-state index in [-0.39, 0.29) is 12.4 Å². The number of ether oxygens (including phenoxy) is 2. The lowest BCUT2D eigenvalue weighted by atomic mass is 9.70. The van der Waals surface area contributed by atoms with Crippen molar-refractivity contribution in [2.45, 2.75) is 58.4 Å².